The molecular formula is C110H130Cl5N5O5. The third-order valence-electron chi connectivity index (χ3n) is 28.2. The van der Waals surface area contributed by atoms with E-state index >= 15 is 0 Å². The molecule has 5 aliphatic rings. The number of halogens is 5. The lowest BCUT2D eigenvalue weighted by molar-refractivity contribution is 0.0929. The summed E-state index contributed by atoms with van der Waals surface area (Å²) in [6.45, 7) is 21.4. The summed E-state index contributed by atoms with van der Waals surface area (Å²) in [6, 6.07) is 58.2. The molecule has 5 aliphatic carbocycles. The lowest BCUT2D eigenvalue weighted by Crippen LogP contribution is -2.21. The molecule has 15 heteroatoms. The zero-order valence-corrected chi connectivity index (χ0v) is 79.0. The number of rotatable bonds is 25. The zero-order valence-electron chi connectivity index (χ0n) is 75.2. The average molecular weight is 1780 g/mol. The Kier molecular flexibility index (Phi) is 37.9. The van der Waals surface area contributed by atoms with Gasteiger partial charge in [-0.15, -0.1) is 0 Å². The van der Waals surface area contributed by atoms with Crippen LogP contribution in [0.1, 0.15) is 333 Å². The molecule has 0 aliphatic heterocycles. The Hall–Kier alpha value is -8.35. The number of aryl methyl sites for hydroxylation is 5. The number of Topliss-reactive ketones (excluding diaryl/α,β-unsaturated/α-hetero) is 5. The molecule has 5 saturated carbocycles. The first kappa shape index (κ1) is 97.3. The van der Waals surface area contributed by atoms with Crippen LogP contribution in [0.5, 0.6) is 0 Å². The summed E-state index contributed by atoms with van der Waals surface area (Å²) in [4.78, 5) is 83.9. The van der Waals surface area contributed by atoms with E-state index in [1.807, 2.05) is 91.6 Å². The fourth-order valence-electron chi connectivity index (χ4n) is 20.3. The van der Waals surface area contributed by atoms with Gasteiger partial charge in [0.2, 0.25) is 0 Å². The molecule has 5 heterocycles. The van der Waals surface area contributed by atoms with Gasteiger partial charge in [0.25, 0.3) is 0 Å². The van der Waals surface area contributed by atoms with Crippen molar-refractivity contribution in [1.29, 1.82) is 0 Å². The lowest BCUT2D eigenvalue weighted by Gasteiger charge is -2.32. The minimum absolute atomic E-state index is 0.232. The molecule has 0 spiro atoms. The number of nitrogens with zero attached hydrogens (tertiary/aromatic N) is 5. The Morgan fingerprint density at radius 3 is 0.496 bits per heavy atom. The Morgan fingerprint density at radius 1 is 0.232 bits per heavy atom. The van der Waals surface area contributed by atoms with Crippen LogP contribution in [0.15, 0.2) is 213 Å². The average Bonchev–Trinajstić information content (AvgIpc) is 0.846. The normalized spacial score (nSPS) is 21.7. The van der Waals surface area contributed by atoms with Crippen molar-refractivity contribution in [2.75, 3.05) is 0 Å². The quantitative estimate of drug-likeness (QED) is 0.0506. The molecule has 15 rings (SSSR count). The minimum atomic E-state index is 0.232. The molecule has 660 valence electrons. The van der Waals surface area contributed by atoms with Gasteiger partial charge in [0.05, 0.1) is 0 Å². The second-order valence-electron chi connectivity index (χ2n) is 37.3. The van der Waals surface area contributed by atoms with Crippen molar-refractivity contribution in [2.24, 2.45) is 59.2 Å². The molecule has 10 nitrogen and oxygen atoms in total. The molecule has 1 unspecified atom stereocenters. The molecule has 0 N–H and O–H groups in total. The van der Waals surface area contributed by atoms with E-state index in [-0.39, 0.29) is 28.9 Å². The van der Waals surface area contributed by atoms with Crippen LogP contribution in [0, 0.1) is 93.8 Å². The van der Waals surface area contributed by atoms with Gasteiger partial charge in [0.1, 0.15) is 0 Å². The smallest absolute Gasteiger partial charge is 0.163 e. The van der Waals surface area contributed by atoms with Crippen molar-refractivity contribution in [3.05, 3.63) is 322 Å². The summed E-state index contributed by atoms with van der Waals surface area (Å²) >= 11 is 29.5. The summed E-state index contributed by atoms with van der Waals surface area (Å²) in [5.74, 6) is 9.82. The Bertz CT molecular complexity index is 4320. The highest BCUT2D eigenvalue weighted by Crippen LogP contribution is 2.46. The monoisotopic (exact) mass is 1780 g/mol. The summed E-state index contributed by atoms with van der Waals surface area (Å²) in [5.41, 5.74) is 16.5. The topological polar surface area (TPSA) is 150 Å². The van der Waals surface area contributed by atoms with Gasteiger partial charge in [-0.1, -0.05) is 92.6 Å². The minimum Gasteiger partial charge on any atom is -0.294 e. The first-order valence-corrected chi connectivity index (χ1v) is 48.1. The molecule has 0 bridgehead atoms. The van der Waals surface area contributed by atoms with Gasteiger partial charge < -0.3 is 0 Å². The first-order valence-electron chi connectivity index (χ1n) is 46.2. The van der Waals surface area contributed by atoms with Gasteiger partial charge in [-0.2, -0.15) is 0 Å². The van der Waals surface area contributed by atoms with E-state index in [0.29, 0.717) is 146 Å². The predicted octanol–water partition coefficient (Wildman–Crippen LogP) is 31.1. The van der Waals surface area contributed by atoms with E-state index < -0.39 is 0 Å². The Labute approximate surface area is 770 Å². The number of hydrogen-bond donors (Lipinski definition) is 0. The standard InChI is InChI=1S/5C22H26ClNO/c5*1-15(13-22(25)19-7-9-21(23)10-8-19)17-3-5-18(6-4-17)20-11-12-24-16(2)14-20/h5*7-12,14-15,17-18H,3-6,13H2,1-2H3/t4*15-,17?,18?;/m1100./s1. The first-order chi connectivity index (χ1) is 60.1. The van der Waals surface area contributed by atoms with Crippen molar-refractivity contribution in [2.45, 2.75) is 259 Å². The fourth-order valence-corrected chi connectivity index (χ4v) is 20.9. The van der Waals surface area contributed by atoms with Gasteiger partial charge in [-0.05, 0) is 462 Å². The fraction of sp³-hybridized carbons (Fsp3) is 0.455. The third kappa shape index (κ3) is 30.4. The van der Waals surface area contributed by atoms with Crippen LogP contribution in [0.2, 0.25) is 25.1 Å². The number of ketones is 5. The summed E-state index contributed by atoms with van der Waals surface area (Å²) in [6.07, 6.45) is 37.0. The van der Waals surface area contributed by atoms with Crippen LogP contribution < -0.4 is 0 Å². The zero-order chi connectivity index (χ0) is 89.1. The van der Waals surface area contributed by atoms with Crippen molar-refractivity contribution in [1.82, 2.24) is 24.9 Å². The maximum atomic E-state index is 12.5. The Balaban J connectivity index is 0.000000152. The number of carbonyl (C=O) groups excluding carboxylic acids is 5. The van der Waals surface area contributed by atoms with E-state index in [0.717, 1.165) is 56.3 Å². The predicted molar refractivity (Wildman–Crippen MR) is 516 cm³/mol. The van der Waals surface area contributed by atoms with E-state index in [1.165, 1.54) is 156 Å². The third-order valence-corrected chi connectivity index (χ3v) is 29.5. The molecular weight excluding hydrogens is 1650 g/mol. The summed E-state index contributed by atoms with van der Waals surface area (Å²) in [7, 11) is 0. The van der Waals surface area contributed by atoms with Gasteiger partial charge in [0.15, 0.2) is 28.9 Å². The van der Waals surface area contributed by atoms with Crippen molar-refractivity contribution < 1.29 is 24.0 Å². The van der Waals surface area contributed by atoms with Gasteiger partial charge in [-0.25, -0.2) is 0 Å². The Morgan fingerprint density at radius 2 is 0.368 bits per heavy atom. The summed E-state index contributed by atoms with van der Waals surface area (Å²) < 4.78 is 0. The van der Waals surface area contributed by atoms with E-state index in [4.69, 9.17) is 58.0 Å². The van der Waals surface area contributed by atoms with Crippen LogP contribution in [0.4, 0.5) is 0 Å². The van der Waals surface area contributed by atoms with Crippen LogP contribution in [0.3, 0.4) is 0 Å². The van der Waals surface area contributed by atoms with Crippen molar-refractivity contribution in [3.63, 3.8) is 0 Å². The molecule has 5 aromatic heterocycles. The molecule has 0 radical (unpaired) electrons. The molecule has 0 saturated heterocycles. The van der Waals surface area contributed by atoms with Crippen LogP contribution in [0.25, 0.3) is 0 Å². The van der Waals surface area contributed by atoms with E-state index in [1.54, 1.807) is 60.7 Å². The van der Waals surface area contributed by atoms with E-state index in [2.05, 4.69) is 155 Å². The second-order valence-corrected chi connectivity index (χ2v) is 39.5. The van der Waals surface area contributed by atoms with E-state index in [9.17, 15) is 24.0 Å². The van der Waals surface area contributed by atoms with Crippen LogP contribution in [-0.4, -0.2) is 53.8 Å². The molecule has 0 amide bonds. The van der Waals surface area contributed by atoms with Crippen molar-refractivity contribution >= 4 is 86.9 Å². The van der Waals surface area contributed by atoms with Gasteiger partial charge >= 0.3 is 0 Å². The molecule has 5 aromatic carbocycles. The molecule has 10 aromatic rings. The molecule has 5 atom stereocenters. The number of carbonyl (C=O) groups is 5. The highest BCUT2D eigenvalue weighted by atomic mass is 35.5. The number of benzene rings is 5. The van der Waals surface area contributed by atoms with Gasteiger partial charge in [0, 0.05) is 144 Å². The molecule has 125 heavy (non-hydrogen) atoms. The van der Waals surface area contributed by atoms with Gasteiger partial charge in [-0.3, -0.25) is 48.9 Å². The maximum absolute atomic E-state index is 12.5. The number of pyridine rings is 5. The SMILES string of the molecule is Cc1cc(C2CCC(C(C)CC(=O)c3ccc(Cl)cc3)CC2)ccn1.Cc1cc(C2CCC([C@@H](C)CC(=O)c3ccc(Cl)cc3)CC2)ccn1.Cc1cc(C2CCC([C@@H](C)CC(=O)c3ccc(Cl)cc3)CC2)ccn1.Cc1cc(C2CCC([C@H](C)CC(=O)c3ccc(Cl)cc3)CC2)ccn1.Cc1cc(C2CCC([C@H](C)CC(=O)c3ccc(Cl)cc3)CC2)ccn1. The lowest BCUT2D eigenvalue weighted by atomic mass is 9.73. The highest BCUT2D eigenvalue weighted by molar-refractivity contribution is 6.32. The number of hydrogen-bond acceptors (Lipinski definition) is 10. The second kappa shape index (κ2) is 48.7. The van der Waals surface area contributed by atoms with Crippen LogP contribution >= 0.6 is 58.0 Å². The largest absolute Gasteiger partial charge is 0.294 e. The summed E-state index contributed by atoms with van der Waals surface area (Å²) in [5, 5.41) is 3.38. The highest BCUT2D eigenvalue weighted by Gasteiger charge is 2.34. The number of aromatic nitrogens is 5. The van der Waals surface area contributed by atoms with Crippen molar-refractivity contribution in [3.8, 4) is 0 Å². The maximum Gasteiger partial charge on any atom is 0.163 e. The molecule has 5 fully saturated rings. The van der Waals surface area contributed by atoms with Crippen LogP contribution in [-0.2, 0) is 0 Å².